The molecule has 0 aromatic heterocycles. The fourth-order valence-electron chi connectivity index (χ4n) is 4.97. The molecule has 5 rings (SSSR count). The number of carbonyl (C=O) groups excluding carboxylic acids is 1. The van der Waals surface area contributed by atoms with E-state index in [9.17, 15) is 4.79 Å². The van der Waals surface area contributed by atoms with Crippen LogP contribution in [-0.2, 0) is 16.9 Å². The number of hydrogen-bond acceptors (Lipinski definition) is 3. The van der Waals surface area contributed by atoms with Crippen molar-refractivity contribution in [1.82, 2.24) is 4.90 Å². The molecule has 0 N–H and O–H groups in total. The third kappa shape index (κ3) is 3.20. The predicted molar refractivity (Wildman–Crippen MR) is 107 cm³/mol. The molecular weight excluding hydrogens is 350 g/mol. The van der Waals surface area contributed by atoms with Crippen LogP contribution in [0.15, 0.2) is 48.5 Å². The maximum atomic E-state index is 13.1. The number of piperidine rings is 1. The van der Waals surface area contributed by atoms with Crippen molar-refractivity contribution in [2.45, 2.75) is 56.8 Å². The van der Waals surface area contributed by atoms with Gasteiger partial charge in [0, 0.05) is 12.1 Å². The van der Waals surface area contributed by atoms with Crippen molar-refractivity contribution >= 4 is 5.91 Å². The van der Waals surface area contributed by atoms with Gasteiger partial charge in [-0.25, -0.2) is 0 Å². The molecule has 2 aliphatic heterocycles. The third-order valence-electron chi connectivity index (χ3n) is 6.46. The van der Waals surface area contributed by atoms with Crippen LogP contribution in [-0.4, -0.2) is 30.0 Å². The minimum absolute atomic E-state index is 0.0828. The highest BCUT2D eigenvalue weighted by molar-refractivity contribution is 5.94. The minimum Gasteiger partial charge on any atom is -0.490 e. The molecule has 4 nitrogen and oxygen atoms in total. The maximum Gasteiger partial charge on any atom is 0.253 e. The van der Waals surface area contributed by atoms with E-state index in [0.717, 1.165) is 43.5 Å². The summed E-state index contributed by atoms with van der Waals surface area (Å²) in [6.45, 7) is 2.06. The van der Waals surface area contributed by atoms with Crippen molar-refractivity contribution in [3.8, 4) is 5.75 Å². The topological polar surface area (TPSA) is 38.8 Å². The molecule has 1 saturated heterocycles. The lowest BCUT2D eigenvalue weighted by molar-refractivity contribution is -0.0785. The summed E-state index contributed by atoms with van der Waals surface area (Å²) in [5.74, 6) is 0.950. The van der Waals surface area contributed by atoms with Gasteiger partial charge in [-0.2, -0.15) is 0 Å². The van der Waals surface area contributed by atoms with Crippen LogP contribution in [0.2, 0.25) is 0 Å². The predicted octanol–water partition coefficient (Wildman–Crippen LogP) is 4.67. The second kappa shape index (κ2) is 7.25. The molecule has 3 aliphatic rings. The number of nitrogens with zero attached hydrogens (tertiary/aromatic N) is 1. The van der Waals surface area contributed by atoms with E-state index >= 15 is 0 Å². The number of benzene rings is 2. The van der Waals surface area contributed by atoms with Gasteiger partial charge >= 0.3 is 0 Å². The molecule has 1 spiro atoms. The van der Waals surface area contributed by atoms with Gasteiger partial charge < -0.3 is 14.4 Å². The molecule has 4 heteroatoms. The second-order valence-corrected chi connectivity index (χ2v) is 8.32. The van der Waals surface area contributed by atoms with Gasteiger partial charge in [-0.05, 0) is 73.9 Å². The first kappa shape index (κ1) is 17.7. The standard InChI is InChI=1S/C24H27NO3/c26-23(18-10-12-21(13-11-18)28-20-7-2-3-8-20)25-15-5-14-24(17-25)22-9-4-1-6-19(22)16-27-24/h1,4,6,9-13,20H,2-3,5,7-8,14-17H2. The molecule has 2 aromatic carbocycles. The summed E-state index contributed by atoms with van der Waals surface area (Å²) < 4.78 is 12.3. The minimum atomic E-state index is -0.337. The Morgan fingerprint density at radius 3 is 2.64 bits per heavy atom. The Kier molecular flexibility index (Phi) is 4.59. The first-order chi connectivity index (χ1) is 13.7. The molecule has 146 valence electrons. The molecule has 2 fully saturated rings. The van der Waals surface area contributed by atoms with Gasteiger partial charge in [0.25, 0.3) is 5.91 Å². The lowest BCUT2D eigenvalue weighted by Gasteiger charge is -2.40. The van der Waals surface area contributed by atoms with Crippen LogP contribution in [0.1, 0.15) is 60.0 Å². The van der Waals surface area contributed by atoms with Crippen molar-refractivity contribution in [3.63, 3.8) is 0 Å². The first-order valence-corrected chi connectivity index (χ1v) is 10.5. The Labute approximate surface area is 166 Å². The van der Waals surface area contributed by atoms with Crippen LogP contribution in [0, 0.1) is 0 Å². The summed E-state index contributed by atoms with van der Waals surface area (Å²) in [5.41, 5.74) is 2.90. The van der Waals surface area contributed by atoms with Crippen molar-refractivity contribution in [2.24, 2.45) is 0 Å². The van der Waals surface area contributed by atoms with Gasteiger partial charge in [0.2, 0.25) is 0 Å². The summed E-state index contributed by atoms with van der Waals surface area (Å²) in [6, 6.07) is 16.1. The van der Waals surface area contributed by atoms with Gasteiger partial charge in [0.1, 0.15) is 11.4 Å². The number of carbonyl (C=O) groups is 1. The molecule has 0 radical (unpaired) electrons. The lowest BCUT2D eigenvalue weighted by atomic mass is 9.85. The van der Waals surface area contributed by atoms with E-state index in [1.165, 1.54) is 24.0 Å². The first-order valence-electron chi connectivity index (χ1n) is 10.5. The van der Waals surface area contributed by atoms with Gasteiger partial charge in [0.05, 0.1) is 19.3 Å². The number of ether oxygens (including phenoxy) is 2. The normalized spacial score (nSPS) is 24.5. The summed E-state index contributed by atoms with van der Waals surface area (Å²) in [7, 11) is 0. The van der Waals surface area contributed by atoms with Crippen molar-refractivity contribution in [2.75, 3.05) is 13.1 Å². The molecular formula is C24H27NO3. The van der Waals surface area contributed by atoms with E-state index in [2.05, 4.69) is 24.3 Å². The molecule has 2 aromatic rings. The highest BCUT2D eigenvalue weighted by atomic mass is 16.5. The van der Waals surface area contributed by atoms with E-state index in [4.69, 9.17) is 9.47 Å². The van der Waals surface area contributed by atoms with Crippen molar-refractivity contribution in [1.29, 1.82) is 0 Å². The lowest BCUT2D eigenvalue weighted by Crippen LogP contribution is -2.48. The number of likely N-dealkylation sites (tertiary alicyclic amines) is 1. The van der Waals surface area contributed by atoms with Crippen LogP contribution in [0.5, 0.6) is 5.75 Å². The Hall–Kier alpha value is -2.33. The largest absolute Gasteiger partial charge is 0.490 e. The molecule has 0 bridgehead atoms. The second-order valence-electron chi connectivity index (χ2n) is 8.32. The molecule has 1 aliphatic carbocycles. The van der Waals surface area contributed by atoms with Gasteiger partial charge in [-0.3, -0.25) is 4.79 Å². The Morgan fingerprint density at radius 1 is 1.04 bits per heavy atom. The maximum absolute atomic E-state index is 13.1. The average Bonchev–Trinajstić information content (AvgIpc) is 3.37. The monoisotopic (exact) mass is 377 g/mol. The van der Waals surface area contributed by atoms with Crippen LogP contribution >= 0.6 is 0 Å². The molecule has 1 atom stereocenters. The quantitative estimate of drug-likeness (QED) is 0.780. The molecule has 28 heavy (non-hydrogen) atoms. The van der Waals surface area contributed by atoms with Crippen molar-refractivity contribution < 1.29 is 14.3 Å². The van der Waals surface area contributed by atoms with Gasteiger partial charge in [-0.15, -0.1) is 0 Å². The zero-order valence-corrected chi connectivity index (χ0v) is 16.2. The van der Waals surface area contributed by atoms with Crippen LogP contribution in [0.4, 0.5) is 0 Å². The average molecular weight is 377 g/mol. The summed E-state index contributed by atoms with van der Waals surface area (Å²) >= 11 is 0. The highest BCUT2D eigenvalue weighted by Gasteiger charge is 2.44. The van der Waals surface area contributed by atoms with Crippen LogP contribution in [0.3, 0.4) is 0 Å². The Balaban J connectivity index is 1.30. The van der Waals surface area contributed by atoms with E-state index in [0.29, 0.717) is 19.3 Å². The molecule has 1 saturated carbocycles. The molecule has 1 unspecified atom stereocenters. The number of hydrogen-bond donors (Lipinski definition) is 0. The van der Waals surface area contributed by atoms with Crippen molar-refractivity contribution in [3.05, 3.63) is 65.2 Å². The molecule has 2 heterocycles. The summed E-state index contributed by atoms with van der Waals surface area (Å²) in [5, 5.41) is 0. The molecule has 1 amide bonds. The van der Waals surface area contributed by atoms with Crippen LogP contribution in [0.25, 0.3) is 0 Å². The Bertz CT molecular complexity index is 852. The van der Waals surface area contributed by atoms with E-state index in [1.54, 1.807) is 0 Å². The van der Waals surface area contributed by atoms with Gasteiger partial charge in [-0.1, -0.05) is 24.3 Å². The van der Waals surface area contributed by atoms with E-state index in [-0.39, 0.29) is 11.5 Å². The highest BCUT2D eigenvalue weighted by Crippen LogP contribution is 2.43. The fraction of sp³-hybridized carbons (Fsp3) is 0.458. The number of rotatable bonds is 3. The number of fused-ring (bicyclic) bond motifs is 2. The number of amides is 1. The summed E-state index contributed by atoms with van der Waals surface area (Å²) in [6.07, 6.45) is 7.05. The third-order valence-corrected chi connectivity index (χ3v) is 6.46. The van der Waals surface area contributed by atoms with Gasteiger partial charge in [0.15, 0.2) is 0 Å². The SMILES string of the molecule is O=C(c1ccc(OC2CCCC2)cc1)N1CCCC2(C1)OCc1ccccc12. The zero-order chi connectivity index (χ0) is 19.0. The smallest absolute Gasteiger partial charge is 0.253 e. The van der Waals surface area contributed by atoms with E-state index in [1.807, 2.05) is 29.2 Å². The zero-order valence-electron chi connectivity index (χ0n) is 16.2. The van der Waals surface area contributed by atoms with Crippen LogP contribution < -0.4 is 4.74 Å². The van der Waals surface area contributed by atoms with E-state index < -0.39 is 0 Å². The Morgan fingerprint density at radius 2 is 1.82 bits per heavy atom. The fourth-order valence-corrected chi connectivity index (χ4v) is 4.97. The summed E-state index contributed by atoms with van der Waals surface area (Å²) in [4.78, 5) is 15.1.